The van der Waals surface area contributed by atoms with Gasteiger partial charge in [-0.1, -0.05) is 30.3 Å². The molecule has 7 rings (SSSR count). The fourth-order valence-corrected chi connectivity index (χ4v) is 7.18. The number of aryl methyl sites for hydroxylation is 1. The first-order valence-corrected chi connectivity index (χ1v) is 15.7. The molecule has 0 radical (unpaired) electrons. The Morgan fingerprint density at radius 3 is 2.75 bits per heavy atom. The van der Waals surface area contributed by atoms with Crippen LogP contribution in [-0.2, 0) is 11.8 Å². The molecule has 2 aliphatic heterocycles. The maximum absolute atomic E-state index is 13.6. The lowest BCUT2D eigenvalue weighted by Crippen LogP contribution is -2.39. The molecular formula is C33H32N6O4S. The number of pyridine rings is 1. The van der Waals surface area contributed by atoms with Gasteiger partial charge in [0.05, 0.1) is 35.3 Å². The molecule has 2 aromatic carbocycles. The van der Waals surface area contributed by atoms with E-state index < -0.39 is 5.92 Å². The number of carbonyl (C=O) groups is 3. The van der Waals surface area contributed by atoms with E-state index in [1.165, 1.54) is 0 Å². The van der Waals surface area contributed by atoms with E-state index in [1.807, 2.05) is 65.9 Å². The molecule has 0 spiro atoms. The smallest absolute Gasteiger partial charge is 0.255 e. The Balaban J connectivity index is 1.11. The van der Waals surface area contributed by atoms with Crippen LogP contribution in [0.15, 0.2) is 72.4 Å². The molecule has 44 heavy (non-hydrogen) atoms. The van der Waals surface area contributed by atoms with Gasteiger partial charge in [-0.25, -0.2) is 0 Å². The Labute approximate surface area is 258 Å². The van der Waals surface area contributed by atoms with Crippen molar-refractivity contribution >= 4 is 50.2 Å². The summed E-state index contributed by atoms with van der Waals surface area (Å²) in [5.74, 6) is -0.258. The standard InChI is InChI=1S/C33H32N6O4S/c1-37-29-15-22(16-35-28(29)17-36-37)32(41)39-18-25-21-6-4-7-23(14-21)43-13-12-38(11-5-10-34-31(40)26(25)19-39)33(42)27-20-44-30-9-3-2-8-24(27)30/h2-4,6-9,14-17,20,25-26H,5,10-13,18-19H2,1H3,(H,34,40)/t25-,26+/m1/s1. The maximum atomic E-state index is 13.6. The number of hydrogen-bond donors (Lipinski definition) is 1. The van der Waals surface area contributed by atoms with Crippen LogP contribution in [0.5, 0.6) is 5.75 Å². The van der Waals surface area contributed by atoms with Crippen molar-refractivity contribution in [2.24, 2.45) is 13.0 Å². The normalized spacial score (nSPS) is 19.3. The third-order valence-corrected chi connectivity index (χ3v) is 9.57. The number of likely N-dealkylation sites (tertiary alicyclic amines) is 1. The summed E-state index contributed by atoms with van der Waals surface area (Å²) in [5, 5.41) is 10.2. The number of rotatable bonds is 2. The van der Waals surface area contributed by atoms with Crippen molar-refractivity contribution in [1.82, 2.24) is 29.9 Å². The molecule has 5 aromatic rings. The van der Waals surface area contributed by atoms with E-state index in [4.69, 9.17) is 4.74 Å². The fraction of sp³-hybridized carbons (Fsp3) is 0.303. The first-order valence-electron chi connectivity index (χ1n) is 14.8. The van der Waals surface area contributed by atoms with Crippen molar-refractivity contribution in [2.45, 2.75) is 12.3 Å². The minimum Gasteiger partial charge on any atom is -0.492 e. The highest BCUT2D eigenvalue weighted by Crippen LogP contribution is 2.35. The van der Waals surface area contributed by atoms with Crippen LogP contribution in [-0.4, -0.2) is 81.6 Å². The van der Waals surface area contributed by atoms with Gasteiger partial charge in [-0.15, -0.1) is 11.3 Å². The molecule has 3 aromatic heterocycles. The Morgan fingerprint density at radius 2 is 1.84 bits per heavy atom. The zero-order valence-corrected chi connectivity index (χ0v) is 25.1. The Hall–Kier alpha value is -4.77. The van der Waals surface area contributed by atoms with Crippen LogP contribution in [0.1, 0.15) is 38.6 Å². The summed E-state index contributed by atoms with van der Waals surface area (Å²) in [6, 6.07) is 17.5. The zero-order chi connectivity index (χ0) is 30.2. The highest BCUT2D eigenvalue weighted by atomic mass is 32.1. The van der Waals surface area contributed by atoms with Gasteiger partial charge in [-0.05, 0) is 36.2 Å². The largest absolute Gasteiger partial charge is 0.492 e. The van der Waals surface area contributed by atoms with E-state index in [1.54, 1.807) is 39.4 Å². The first-order chi connectivity index (χ1) is 21.5. The number of fused-ring (bicyclic) bond motifs is 6. The molecule has 2 bridgehead atoms. The molecule has 0 unspecified atom stereocenters. The summed E-state index contributed by atoms with van der Waals surface area (Å²) < 4.78 is 8.92. The van der Waals surface area contributed by atoms with Gasteiger partial charge in [0.2, 0.25) is 5.91 Å². The molecular weight excluding hydrogens is 576 g/mol. The van der Waals surface area contributed by atoms with E-state index in [9.17, 15) is 14.4 Å². The monoisotopic (exact) mass is 608 g/mol. The van der Waals surface area contributed by atoms with Crippen LogP contribution in [0, 0.1) is 5.92 Å². The summed E-state index contributed by atoms with van der Waals surface area (Å²) >= 11 is 1.56. The second kappa shape index (κ2) is 11.7. The summed E-state index contributed by atoms with van der Waals surface area (Å²) in [7, 11) is 1.82. The van der Waals surface area contributed by atoms with Gasteiger partial charge in [-0.3, -0.25) is 24.0 Å². The van der Waals surface area contributed by atoms with E-state index in [0.29, 0.717) is 62.6 Å². The zero-order valence-electron chi connectivity index (χ0n) is 24.3. The summed E-state index contributed by atoms with van der Waals surface area (Å²) in [5.41, 5.74) is 3.59. The van der Waals surface area contributed by atoms with E-state index in [2.05, 4.69) is 15.4 Å². The van der Waals surface area contributed by atoms with Gasteiger partial charge in [0.1, 0.15) is 17.9 Å². The highest BCUT2D eigenvalue weighted by Gasteiger charge is 2.41. The van der Waals surface area contributed by atoms with Crippen LogP contribution >= 0.6 is 11.3 Å². The Kier molecular flexibility index (Phi) is 7.47. The summed E-state index contributed by atoms with van der Waals surface area (Å²) in [6.45, 7) is 2.36. The van der Waals surface area contributed by atoms with Gasteiger partial charge in [0.25, 0.3) is 11.8 Å². The molecule has 2 aliphatic rings. The predicted octanol–water partition coefficient (Wildman–Crippen LogP) is 4.08. The molecule has 2 atom stereocenters. The van der Waals surface area contributed by atoms with Crippen LogP contribution in [0.2, 0.25) is 0 Å². The van der Waals surface area contributed by atoms with Gasteiger partial charge >= 0.3 is 0 Å². The topological polar surface area (TPSA) is 110 Å². The lowest BCUT2D eigenvalue weighted by molar-refractivity contribution is -0.124. The van der Waals surface area contributed by atoms with E-state index in [0.717, 1.165) is 26.7 Å². The third kappa shape index (κ3) is 5.28. The number of thiophene rings is 1. The third-order valence-electron chi connectivity index (χ3n) is 8.61. The van der Waals surface area contributed by atoms with Crippen molar-refractivity contribution in [1.29, 1.82) is 0 Å². The second-order valence-electron chi connectivity index (χ2n) is 11.3. The summed E-state index contributed by atoms with van der Waals surface area (Å²) in [6.07, 6.45) is 3.84. The number of nitrogens with zero attached hydrogens (tertiary/aromatic N) is 5. The van der Waals surface area contributed by atoms with Gasteiger partial charge in [0.15, 0.2) is 0 Å². The quantitative estimate of drug-likeness (QED) is 0.324. The summed E-state index contributed by atoms with van der Waals surface area (Å²) in [4.78, 5) is 48.9. The van der Waals surface area contributed by atoms with Crippen LogP contribution in [0.3, 0.4) is 0 Å². The molecule has 224 valence electrons. The number of nitrogens with one attached hydrogen (secondary N) is 1. The van der Waals surface area contributed by atoms with Gasteiger partial charge in [-0.2, -0.15) is 5.10 Å². The second-order valence-corrected chi connectivity index (χ2v) is 12.2. The number of benzene rings is 2. The van der Waals surface area contributed by atoms with Crippen LogP contribution < -0.4 is 10.1 Å². The molecule has 5 heterocycles. The first kappa shape index (κ1) is 28.0. The van der Waals surface area contributed by atoms with E-state index in [-0.39, 0.29) is 23.6 Å². The number of ether oxygens (including phenoxy) is 1. The SMILES string of the molecule is Cn1ncc2ncc(C(=O)N3C[C@@H]4C(=O)NCCCN(C(=O)c5csc6ccccc56)CCOc5cccc(c5)[C@H]4C3)cc21. The fourth-order valence-electron chi connectivity index (χ4n) is 6.25. The van der Waals surface area contributed by atoms with Crippen LogP contribution in [0.4, 0.5) is 0 Å². The number of aromatic nitrogens is 3. The Morgan fingerprint density at radius 1 is 0.977 bits per heavy atom. The van der Waals surface area contributed by atoms with Gasteiger partial charge in [0, 0.05) is 60.8 Å². The molecule has 1 N–H and O–H groups in total. The minimum atomic E-state index is -0.430. The predicted molar refractivity (Wildman–Crippen MR) is 168 cm³/mol. The average Bonchev–Trinajstić information content (AvgIpc) is 3.78. The molecule has 1 fully saturated rings. The molecule has 11 heteroatoms. The Bertz CT molecular complexity index is 1880. The van der Waals surface area contributed by atoms with E-state index >= 15 is 0 Å². The molecule has 3 amide bonds. The molecule has 10 nitrogen and oxygen atoms in total. The van der Waals surface area contributed by atoms with Crippen molar-refractivity contribution in [2.75, 3.05) is 39.3 Å². The van der Waals surface area contributed by atoms with Gasteiger partial charge < -0.3 is 19.9 Å². The average molecular weight is 609 g/mol. The lowest BCUT2D eigenvalue weighted by atomic mass is 9.88. The van der Waals surface area contributed by atoms with Crippen molar-refractivity contribution in [3.05, 3.63) is 89.1 Å². The van der Waals surface area contributed by atoms with Crippen molar-refractivity contribution in [3.8, 4) is 5.75 Å². The van der Waals surface area contributed by atoms with Crippen molar-refractivity contribution in [3.63, 3.8) is 0 Å². The molecule has 1 saturated heterocycles. The maximum Gasteiger partial charge on any atom is 0.255 e. The number of amides is 3. The van der Waals surface area contributed by atoms with Crippen molar-refractivity contribution < 1.29 is 19.1 Å². The highest BCUT2D eigenvalue weighted by molar-refractivity contribution is 7.17. The lowest BCUT2D eigenvalue weighted by Gasteiger charge is -2.24. The minimum absolute atomic E-state index is 0.0398. The number of hydrogen-bond acceptors (Lipinski definition) is 7. The number of carbonyl (C=O) groups excluding carboxylic acids is 3. The van der Waals surface area contributed by atoms with Crippen LogP contribution in [0.25, 0.3) is 21.1 Å². The molecule has 0 saturated carbocycles. The molecule has 0 aliphatic carbocycles.